The Morgan fingerprint density at radius 1 is 1.24 bits per heavy atom. The number of amides is 2. The van der Waals surface area contributed by atoms with Crippen LogP contribution in [0.25, 0.3) is 0 Å². The molecule has 0 aromatic heterocycles. The Labute approximate surface area is 173 Å². The maximum absolute atomic E-state index is 12.7. The van der Waals surface area contributed by atoms with Crippen molar-refractivity contribution in [1.29, 1.82) is 0 Å². The zero-order valence-corrected chi connectivity index (χ0v) is 18.3. The summed E-state index contributed by atoms with van der Waals surface area (Å²) in [5.74, 6) is -0.0364. The number of piperidine rings is 1. The Morgan fingerprint density at radius 2 is 2.00 bits per heavy atom. The molecule has 2 heterocycles. The van der Waals surface area contributed by atoms with Gasteiger partial charge in [0, 0.05) is 44.2 Å². The van der Waals surface area contributed by atoms with Crippen molar-refractivity contribution in [3.8, 4) is 0 Å². The first-order chi connectivity index (χ1) is 13.7. The number of carbonyl (C=O) groups excluding carboxylic acids is 2. The van der Waals surface area contributed by atoms with E-state index in [2.05, 4.69) is 11.6 Å². The molecule has 0 radical (unpaired) electrons. The van der Waals surface area contributed by atoms with Gasteiger partial charge < -0.3 is 9.80 Å². The molecule has 1 saturated heterocycles. The molecule has 2 aliphatic heterocycles. The standard InChI is InChI=1S/C21H31N3O4S/c1-4-18-7-5-6-12-23(18)21(26)10-11-22-29(27,28)19-8-9-20-17(14-19)13-15(2)24(20)16(3)25/h8-9,14-15,18,22H,4-7,10-13H2,1-3H3. The quantitative estimate of drug-likeness (QED) is 0.764. The Morgan fingerprint density at radius 3 is 2.69 bits per heavy atom. The summed E-state index contributed by atoms with van der Waals surface area (Å²) < 4.78 is 27.9. The van der Waals surface area contributed by atoms with Gasteiger partial charge in [-0.3, -0.25) is 9.59 Å². The number of carbonyl (C=O) groups is 2. The number of benzene rings is 1. The molecular formula is C21H31N3O4S. The molecule has 29 heavy (non-hydrogen) atoms. The van der Waals surface area contributed by atoms with Gasteiger partial charge in [-0.1, -0.05) is 6.92 Å². The van der Waals surface area contributed by atoms with E-state index in [1.165, 1.54) is 13.0 Å². The summed E-state index contributed by atoms with van der Waals surface area (Å²) in [6, 6.07) is 5.14. The maximum Gasteiger partial charge on any atom is 0.240 e. The lowest BCUT2D eigenvalue weighted by Gasteiger charge is -2.35. The molecule has 1 N–H and O–H groups in total. The number of anilines is 1. The molecule has 0 saturated carbocycles. The Balaban J connectivity index is 1.63. The number of nitrogens with one attached hydrogen (secondary N) is 1. The number of hydrogen-bond donors (Lipinski definition) is 1. The van der Waals surface area contributed by atoms with Crippen LogP contribution in [0, 0.1) is 0 Å². The van der Waals surface area contributed by atoms with E-state index in [0.29, 0.717) is 6.42 Å². The molecule has 3 rings (SSSR count). The van der Waals surface area contributed by atoms with Gasteiger partial charge in [0.2, 0.25) is 21.8 Å². The van der Waals surface area contributed by atoms with Gasteiger partial charge in [-0.2, -0.15) is 0 Å². The number of likely N-dealkylation sites (tertiary alicyclic amines) is 1. The van der Waals surface area contributed by atoms with Gasteiger partial charge in [-0.15, -0.1) is 0 Å². The summed E-state index contributed by atoms with van der Waals surface area (Å²) in [5.41, 5.74) is 1.63. The van der Waals surface area contributed by atoms with Crippen LogP contribution in [0.5, 0.6) is 0 Å². The lowest BCUT2D eigenvalue weighted by atomic mass is 9.99. The van der Waals surface area contributed by atoms with Gasteiger partial charge in [-0.05, 0) is 62.8 Å². The van der Waals surface area contributed by atoms with Crippen molar-refractivity contribution in [2.75, 3.05) is 18.0 Å². The highest BCUT2D eigenvalue weighted by Gasteiger charge is 2.30. The molecule has 160 valence electrons. The Kier molecular flexibility index (Phi) is 6.63. The van der Waals surface area contributed by atoms with Gasteiger partial charge in [-0.25, -0.2) is 13.1 Å². The van der Waals surface area contributed by atoms with Crippen molar-refractivity contribution >= 4 is 27.5 Å². The third-order valence-corrected chi connectivity index (χ3v) is 7.42. The molecule has 2 unspecified atom stereocenters. The van der Waals surface area contributed by atoms with Crippen molar-refractivity contribution in [3.63, 3.8) is 0 Å². The number of sulfonamides is 1. The fourth-order valence-corrected chi connectivity index (χ4v) is 5.61. The first-order valence-electron chi connectivity index (χ1n) is 10.5. The largest absolute Gasteiger partial charge is 0.340 e. The van der Waals surface area contributed by atoms with E-state index in [9.17, 15) is 18.0 Å². The van der Waals surface area contributed by atoms with Crippen molar-refractivity contribution in [2.45, 2.75) is 76.3 Å². The second-order valence-electron chi connectivity index (χ2n) is 8.03. The number of nitrogens with zero attached hydrogens (tertiary/aromatic N) is 2. The van der Waals surface area contributed by atoms with Gasteiger partial charge in [0.05, 0.1) is 4.90 Å². The van der Waals surface area contributed by atoms with E-state index < -0.39 is 10.0 Å². The highest BCUT2D eigenvalue weighted by Crippen LogP contribution is 2.33. The molecule has 1 fully saturated rings. The minimum absolute atomic E-state index is 0.0131. The number of fused-ring (bicyclic) bond motifs is 1. The second kappa shape index (κ2) is 8.83. The van der Waals surface area contributed by atoms with Crippen molar-refractivity contribution in [3.05, 3.63) is 23.8 Å². The summed E-state index contributed by atoms with van der Waals surface area (Å²) >= 11 is 0. The topological polar surface area (TPSA) is 86.8 Å². The van der Waals surface area contributed by atoms with Gasteiger partial charge in [0.1, 0.15) is 0 Å². The van der Waals surface area contributed by atoms with E-state index >= 15 is 0 Å². The van der Waals surface area contributed by atoms with Crippen LogP contribution in [0.15, 0.2) is 23.1 Å². The molecule has 1 aromatic rings. The molecule has 0 bridgehead atoms. The first-order valence-corrected chi connectivity index (χ1v) is 11.9. The molecule has 7 nitrogen and oxygen atoms in total. The smallest absolute Gasteiger partial charge is 0.240 e. The molecule has 8 heteroatoms. The molecule has 1 aromatic carbocycles. The first kappa shape index (κ1) is 21.8. The summed E-state index contributed by atoms with van der Waals surface area (Å²) in [7, 11) is -3.71. The van der Waals surface area contributed by atoms with Gasteiger partial charge in [0.25, 0.3) is 0 Å². The summed E-state index contributed by atoms with van der Waals surface area (Å²) in [5, 5.41) is 0. The Hall–Kier alpha value is -1.93. The molecular weight excluding hydrogens is 390 g/mol. The lowest BCUT2D eigenvalue weighted by molar-refractivity contribution is -0.134. The lowest BCUT2D eigenvalue weighted by Crippen LogP contribution is -2.44. The van der Waals surface area contributed by atoms with E-state index in [4.69, 9.17) is 0 Å². The molecule has 0 spiro atoms. The van der Waals surface area contributed by atoms with Crippen LogP contribution in [0.4, 0.5) is 5.69 Å². The average Bonchev–Trinajstić information content (AvgIpc) is 3.02. The van der Waals surface area contributed by atoms with Gasteiger partial charge >= 0.3 is 0 Å². The van der Waals surface area contributed by atoms with E-state index in [1.54, 1.807) is 17.0 Å². The summed E-state index contributed by atoms with van der Waals surface area (Å²) in [6.45, 7) is 6.39. The molecule has 0 aliphatic carbocycles. The highest BCUT2D eigenvalue weighted by atomic mass is 32.2. The minimum atomic E-state index is -3.71. The van der Waals surface area contributed by atoms with Crippen LogP contribution in [0.3, 0.4) is 0 Å². The molecule has 2 aliphatic rings. The monoisotopic (exact) mass is 421 g/mol. The third-order valence-electron chi connectivity index (χ3n) is 5.97. The van der Waals surface area contributed by atoms with Crippen LogP contribution in [-0.4, -0.2) is 50.3 Å². The highest BCUT2D eigenvalue weighted by molar-refractivity contribution is 7.89. The van der Waals surface area contributed by atoms with E-state index in [1.807, 2.05) is 11.8 Å². The fraction of sp³-hybridized carbons (Fsp3) is 0.619. The van der Waals surface area contributed by atoms with Crippen LogP contribution in [0.1, 0.15) is 58.4 Å². The van der Waals surface area contributed by atoms with Crippen LogP contribution >= 0.6 is 0 Å². The van der Waals surface area contributed by atoms with Crippen molar-refractivity contribution in [2.24, 2.45) is 0 Å². The number of hydrogen-bond acceptors (Lipinski definition) is 4. The summed E-state index contributed by atoms with van der Waals surface area (Å²) in [6.07, 6.45) is 4.91. The average molecular weight is 422 g/mol. The zero-order valence-electron chi connectivity index (χ0n) is 17.5. The SMILES string of the molecule is CCC1CCCCN1C(=O)CCNS(=O)(=O)c1ccc2c(c1)CC(C)N2C(C)=O. The Bertz CT molecular complexity index is 884. The maximum atomic E-state index is 12.7. The van der Waals surface area contributed by atoms with E-state index in [0.717, 1.165) is 43.5 Å². The zero-order chi connectivity index (χ0) is 21.2. The van der Waals surface area contributed by atoms with Crippen molar-refractivity contribution in [1.82, 2.24) is 9.62 Å². The van der Waals surface area contributed by atoms with Crippen LogP contribution in [-0.2, 0) is 26.0 Å². The second-order valence-corrected chi connectivity index (χ2v) is 9.79. The van der Waals surface area contributed by atoms with Crippen LogP contribution in [0.2, 0.25) is 0 Å². The molecule has 2 amide bonds. The normalized spacial score (nSPS) is 21.9. The summed E-state index contributed by atoms with van der Waals surface area (Å²) in [4.78, 5) is 28.1. The van der Waals surface area contributed by atoms with Gasteiger partial charge in [0.15, 0.2) is 0 Å². The van der Waals surface area contributed by atoms with Crippen LogP contribution < -0.4 is 9.62 Å². The molecule has 2 atom stereocenters. The third kappa shape index (κ3) is 4.64. The minimum Gasteiger partial charge on any atom is -0.340 e. The number of rotatable bonds is 6. The predicted molar refractivity (Wildman–Crippen MR) is 112 cm³/mol. The predicted octanol–water partition coefficient (Wildman–Crippen LogP) is 2.44. The fourth-order valence-electron chi connectivity index (χ4n) is 4.53. The van der Waals surface area contributed by atoms with E-state index in [-0.39, 0.29) is 41.8 Å². The van der Waals surface area contributed by atoms with Crippen molar-refractivity contribution < 1.29 is 18.0 Å².